The van der Waals surface area contributed by atoms with Crippen LogP contribution >= 0.6 is 0 Å². The SMILES string of the molecule is COCOC[C@H]1CC[C@]23CCCC[C@H]2CCC(=O)N13. The Bertz CT molecular complexity index is 346. The lowest BCUT2D eigenvalue weighted by atomic mass is 9.67. The van der Waals surface area contributed by atoms with Crippen molar-refractivity contribution >= 4 is 5.91 Å². The molecule has 0 unspecified atom stereocenters. The summed E-state index contributed by atoms with van der Waals surface area (Å²) in [6.07, 6.45) is 9.30. The first-order chi connectivity index (χ1) is 9.28. The number of methoxy groups -OCH3 is 1. The van der Waals surface area contributed by atoms with Crippen LogP contribution in [-0.2, 0) is 14.3 Å². The van der Waals surface area contributed by atoms with Gasteiger partial charge in [0.1, 0.15) is 6.79 Å². The topological polar surface area (TPSA) is 38.8 Å². The van der Waals surface area contributed by atoms with Gasteiger partial charge >= 0.3 is 0 Å². The smallest absolute Gasteiger partial charge is 0.223 e. The summed E-state index contributed by atoms with van der Waals surface area (Å²) in [6.45, 7) is 0.961. The molecule has 0 radical (unpaired) electrons. The molecule has 19 heavy (non-hydrogen) atoms. The zero-order valence-corrected chi connectivity index (χ0v) is 11.9. The summed E-state index contributed by atoms with van der Waals surface area (Å²) in [5.41, 5.74) is 0.189. The lowest BCUT2D eigenvalue weighted by Gasteiger charge is -2.52. The van der Waals surface area contributed by atoms with E-state index in [-0.39, 0.29) is 11.6 Å². The van der Waals surface area contributed by atoms with Gasteiger partial charge < -0.3 is 14.4 Å². The fourth-order valence-corrected chi connectivity index (χ4v) is 4.68. The van der Waals surface area contributed by atoms with Crippen LogP contribution in [0.4, 0.5) is 0 Å². The summed E-state index contributed by atoms with van der Waals surface area (Å²) in [7, 11) is 1.64. The molecular formula is C15H25NO3. The number of amides is 1. The molecule has 0 N–H and O–H groups in total. The molecule has 0 aromatic rings. The van der Waals surface area contributed by atoms with Crippen molar-refractivity contribution in [3.63, 3.8) is 0 Å². The van der Waals surface area contributed by atoms with E-state index in [2.05, 4.69) is 4.90 Å². The molecule has 3 aliphatic rings. The third-order valence-corrected chi connectivity index (χ3v) is 5.41. The van der Waals surface area contributed by atoms with Crippen LogP contribution in [0, 0.1) is 5.92 Å². The van der Waals surface area contributed by atoms with Gasteiger partial charge in [-0.25, -0.2) is 0 Å². The van der Waals surface area contributed by atoms with Crippen LogP contribution in [0.1, 0.15) is 51.4 Å². The molecule has 1 saturated carbocycles. The molecule has 4 nitrogen and oxygen atoms in total. The number of carbonyl (C=O) groups excluding carboxylic acids is 1. The average Bonchev–Trinajstić information content (AvgIpc) is 2.79. The number of piperidine rings is 1. The highest BCUT2D eigenvalue weighted by Crippen LogP contribution is 2.52. The number of rotatable bonds is 4. The molecule has 3 atom stereocenters. The van der Waals surface area contributed by atoms with E-state index >= 15 is 0 Å². The maximum Gasteiger partial charge on any atom is 0.223 e. The molecule has 4 heteroatoms. The van der Waals surface area contributed by atoms with Crippen molar-refractivity contribution in [3.05, 3.63) is 0 Å². The second kappa shape index (κ2) is 5.41. The van der Waals surface area contributed by atoms with Crippen molar-refractivity contribution in [3.8, 4) is 0 Å². The Kier molecular flexibility index (Phi) is 3.81. The molecule has 0 bridgehead atoms. The fraction of sp³-hybridized carbons (Fsp3) is 0.933. The van der Waals surface area contributed by atoms with Gasteiger partial charge in [-0.3, -0.25) is 4.79 Å². The van der Waals surface area contributed by atoms with Crippen molar-refractivity contribution in [2.75, 3.05) is 20.5 Å². The zero-order chi connectivity index (χ0) is 13.3. The average molecular weight is 267 g/mol. The first kappa shape index (κ1) is 13.4. The first-order valence-corrected chi connectivity index (χ1v) is 7.67. The molecule has 1 aliphatic carbocycles. The third kappa shape index (κ3) is 2.19. The van der Waals surface area contributed by atoms with Gasteiger partial charge in [-0.2, -0.15) is 0 Å². The minimum absolute atomic E-state index is 0.189. The minimum atomic E-state index is 0.189. The zero-order valence-electron chi connectivity index (χ0n) is 11.9. The van der Waals surface area contributed by atoms with Crippen LogP contribution in [0.3, 0.4) is 0 Å². The standard InChI is InChI=1S/C15H25NO3/c1-18-11-19-10-13-7-9-15-8-3-2-4-12(15)5-6-14(17)16(13)15/h12-13H,2-11H2,1H3/t12-,13+,15+/m0/s1. The Morgan fingerprint density at radius 1 is 1.26 bits per heavy atom. The van der Waals surface area contributed by atoms with Gasteiger partial charge in [-0.05, 0) is 38.0 Å². The van der Waals surface area contributed by atoms with Gasteiger partial charge in [-0.15, -0.1) is 0 Å². The van der Waals surface area contributed by atoms with E-state index in [4.69, 9.17) is 9.47 Å². The van der Waals surface area contributed by atoms with Crippen LogP contribution in [-0.4, -0.2) is 42.9 Å². The Labute approximate surface area is 115 Å². The lowest BCUT2D eigenvalue weighted by Crippen LogP contribution is -2.59. The van der Waals surface area contributed by atoms with E-state index in [9.17, 15) is 4.79 Å². The summed E-state index contributed by atoms with van der Waals surface area (Å²) in [4.78, 5) is 14.6. The van der Waals surface area contributed by atoms with Crippen molar-refractivity contribution in [2.45, 2.75) is 62.9 Å². The maximum atomic E-state index is 12.4. The molecule has 2 saturated heterocycles. The predicted octanol–water partition coefficient (Wildman–Crippen LogP) is 2.32. The van der Waals surface area contributed by atoms with Gasteiger partial charge in [0.15, 0.2) is 0 Å². The van der Waals surface area contributed by atoms with Crippen LogP contribution in [0.2, 0.25) is 0 Å². The van der Waals surface area contributed by atoms with Gasteiger partial charge in [0.2, 0.25) is 5.91 Å². The highest BCUT2D eigenvalue weighted by atomic mass is 16.7. The number of carbonyl (C=O) groups is 1. The number of hydrogen-bond donors (Lipinski definition) is 0. The van der Waals surface area contributed by atoms with E-state index in [1.807, 2.05) is 0 Å². The second-order valence-electron chi connectivity index (χ2n) is 6.32. The Morgan fingerprint density at radius 2 is 2.16 bits per heavy atom. The monoisotopic (exact) mass is 267 g/mol. The first-order valence-electron chi connectivity index (χ1n) is 7.67. The number of ether oxygens (including phenoxy) is 2. The Morgan fingerprint density at radius 3 is 3.00 bits per heavy atom. The van der Waals surface area contributed by atoms with Crippen molar-refractivity contribution in [1.82, 2.24) is 4.90 Å². The van der Waals surface area contributed by atoms with Gasteiger partial charge in [0, 0.05) is 19.1 Å². The molecule has 108 valence electrons. The van der Waals surface area contributed by atoms with E-state index in [0.717, 1.165) is 25.2 Å². The van der Waals surface area contributed by atoms with Crippen LogP contribution in [0.5, 0.6) is 0 Å². The summed E-state index contributed by atoms with van der Waals surface area (Å²) in [5.74, 6) is 1.10. The van der Waals surface area contributed by atoms with E-state index < -0.39 is 0 Å². The number of hydrogen-bond acceptors (Lipinski definition) is 3. The Hall–Kier alpha value is -0.610. The maximum absolute atomic E-state index is 12.4. The summed E-state index contributed by atoms with van der Waals surface area (Å²) in [5, 5.41) is 0. The fourth-order valence-electron chi connectivity index (χ4n) is 4.68. The highest BCUT2D eigenvalue weighted by Gasteiger charge is 2.55. The van der Waals surface area contributed by atoms with E-state index in [1.165, 1.54) is 32.1 Å². The minimum Gasteiger partial charge on any atom is -0.359 e. The molecule has 2 aliphatic heterocycles. The van der Waals surface area contributed by atoms with Gasteiger partial charge in [0.05, 0.1) is 12.6 Å². The van der Waals surface area contributed by atoms with E-state index in [0.29, 0.717) is 19.3 Å². The molecular weight excluding hydrogens is 242 g/mol. The molecule has 2 heterocycles. The van der Waals surface area contributed by atoms with Crippen LogP contribution in [0.25, 0.3) is 0 Å². The van der Waals surface area contributed by atoms with Gasteiger partial charge in [0.25, 0.3) is 0 Å². The molecule has 3 rings (SSSR count). The molecule has 0 aromatic heterocycles. The predicted molar refractivity (Wildman–Crippen MR) is 71.6 cm³/mol. The lowest BCUT2D eigenvalue weighted by molar-refractivity contribution is -0.152. The van der Waals surface area contributed by atoms with Crippen molar-refractivity contribution in [1.29, 1.82) is 0 Å². The van der Waals surface area contributed by atoms with Crippen LogP contribution < -0.4 is 0 Å². The van der Waals surface area contributed by atoms with E-state index in [1.54, 1.807) is 7.11 Å². The highest BCUT2D eigenvalue weighted by molar-refractivity contribution is 5.79. The number of nitrogens with zero attached hydrogens (tertiary/aromatic N) is 1. The third-order valence-electron chi connectivity index (χ3n) is 5.41. The Balaban J connectivity index is 1.75. The van der Waals surface area contributed by atoms with Crippen molar-refractivity contribution in [2.24, 2.45) is 5.92 Å². The summed E-state index contributed by atoms with van der Waals surface area (Å²) in [6, 6.07) is 0.281. The largest absolute Gasteiger partial charge is 0.359 e. The molecule has 0 aromatic carbocycles. The quantitative estimate of drug-likeness (QED) is 0.579. The second-order valence-corrected chi connectivity index (χ2v) is 6.32. The van der Waals surface area contributed by atoms with Gasteiger partial charge in [-0.1, -0.05) is 12.8 Å². The molecule has 1 amide bonds. The molecule has 1 spiro atoms. The van der Waals surface area contributed by atoms with Crippen molar-refractivity contribution < 1.29 is 14.3 Å². The molecule has 3 fully saturated rings. The van der Waals surface area contributed by atoms with Crippen LogP contribution in [0.15, 0.2) is 0 Å². The summed E-state index contributed by atoms with van der Waals surface area (Å²) < 4.78 is 10.5. The summed E-state index contributed by atoms with van der Waals surface area (Å²) >= 11 is 0. The normalized spacial score (nSPS) is 38.2.